The molecule has 0 saturated heterocycles. The molecule has 0 bridgehead atoms. The van der Waals surface area contributed by atoms with Crippen molar-refractivity contribution in [3.8, 4) is 0 Å². The van der Waals surface area contributed by atoms with Gasteiger partial charge >= 0.3 is 12.1 Å². The van der Waals surface area contributed by atoms with Crippen LogP contribution in [-0.2, 0) is 16.0 Å². The maximum absolute atomic E-state index is 11.4. The second-order valence-corrected chi connectivity index (χ2v) is 5.20. The molecule has 94 valence electrons. The summed E-state index contributed by atoms with van der Waals surface area (Å²) in [6, 6.07) is 0. The molecular weight excluding hydrogens is 244 g/mol. The van der Waals surface area contributed by atoms with Gasteiger partial charge in [-0.25, -0.2) is 9.78 Å². The molecule has 7 heteroatoms. The number of hydrogen-bond donors (Lipinski definition) is 2. The van der Waals surface area contributed by atoms with Crippen LogP contribution in [0.15, 0.2) is 5.38 Å². The molecule has 0 spiro atoms. The molecule has 0 aliphatic rings. The van der Waals surface area contributed by atoms with Crippen LogP contribution in [0.2, 0.25) is 0 Å². The average Bonchev–Trinajstić information content (AvgIpc) is 2.46. The number of anilines is 1. The third-order valence-corrected chi connectivity index (χ3v) is 2.30. The van der Waals surface area contributed by atoms with E-state index in [1.807, 2.05) is 0 Å². The van der Waals surface area contributed by atoms with Gasteiger partial charge in [-0.05, 0) is 20.8 Å². The van der Waals surface area contributed by atoms with Crippen LogP contribution in [-0.4, -0.2) is 27.8 Å². The van der Waals surface area contributed by atoms with Crippen molar-refractivity contribution in [3.05, 3.63) is 11.1 Å². The lowest BCUT2D eigenvalue weighted by Gasteiger charge is -2.18. The van der Waals surface area contributed by atoms with Crippen molar-refractivity contribution in [2.24, 2.45) is 0 Å². The summed E-state index contributed by atoms with van der Waals surface area (Å²) in [5, 5.41) is 12.9. The molecule has 0 atom stereocenters. The fourth-order valence-corrected chi connectivity index (χ4v) is 1.69. The summed E-state index contributed by atoms with van der Waals surface area (Å²) in [5.74, 6) is -0.959. The Labute approximate surface area is 103 Å². The molecule has 0 aliphatic heterocycles. The fourth-order valence-electron chi connectivity index (χ4n) is 0.991. The highest BCUT2D eigenvalue weighted by molar-refractivity contribution is 7.13. The van der Waals surface area contributed by atoms with Crippen LogP contribution in [0.1, 0.15) is 26.5 Å². The zero-order chi connectivity index (χ0) is 13.1. The summed E-state index contributed by atoms with van der Waals surface area (Å²) in [6.45, 7) is 5.26. The normalized spacial score (nSPS) is 11.0. The Hall–Kier alpha value is -1.63. The molecule has 6 nitrogen and oxygen atoms in total. The van der Waals surface area contributed by atoms with Crippen molar-refractivity contribution >= 4 is 28.5 Å². The predicted octanol–water partition coefficient (Wildman–Crippen LogP) is 2.12. The highest BCUT2D eigenvalue weighted by Crippen LogP contribution is 2.17. The SMILES string of the molecule is CC(C)(C)OC(=O)Nc1nc(CC(=O)O)cs1. The minimum Gasteiger partial charge on any atom is -0.481 e. The Morgan fingerprint density at radius 2 is 2.18 bits per heavy atom. The van der Waals surface area contributed by atoms with E-state index in [9.17, 15) is 9.59 Å². The second-order valence-electron chi connectivity index (χ2n) is 4.34. The largest absolute Gasteiger partial charge is 0.481 e. The molecule has 0 radical (unpaired) electrons. The van der Waals surface area contributed by atoms with Gasteiger partial charge in [0.1, 0.15) is 5.60 Å². The molecule has 1 rings (SSSR count). The molecule has 0 fully saturated rings. The molecule has 2 N–H and O–H groups in total. The van der Waals surface area contributed by atoms with E-state index in [2.05, 4.69) is 10.3 Å². The number of nitrogens with one attached hydrogen (secondary N) is 1. The van der Waals surface area contributed by atoms with Crippen LogP contribution in [0.3, 0.4) is 0 Å². The first-order valence-electron chi connectivity index (χ1n) is 4.92. The first-order chi connectivity index (χ1) is 7.76. The monoisotopic (exact) mass is 258 g/mol. The molecule has 17 heavy (non-hydrogen) atoms. The topological polar surface area (TPSA) is 88.5 Å². The smallest absolute Gasteiger partial charge is 0.413 e. The van der Waals surface area contributed by atoms with Crippen LogP contribution >= 0.6 is 11.3 Å². The Balaban J connectivity index is 2.55. The van der Waals surface area contributed by atoms with Gasteiger partial charge in [0.2, 0.25) is 0 Å². The summed E-state index contributed by atoms with van der Waals surface area (Å²) in [6.07, 6.45) is -0.763. The van der Waals surface area contributed by atoms with Gasteiger partial charge in [0.05, 0.1) is 12.1 Å². The lowest BCUT2D eigenvalue weighted by Crippen LogP contribution is -2.27. The lowest BCUT2D eigenvalue weighted by atomic mass is 10.2. The number of aromatic nitrogens is 1. The molecular formula is C10H14N2O4S. The number of rotatable bonds is 3. The summed E-state index contributed by atoms with van der Waals surface area (Å²) >= 11 is 1.16. The summed E-state index contributed by atoms with van der Waals surface area (Å²) in [7, 11) is 0. The Kier molecular flexibility index (Phi) is 4.06. The van der Waals surface area contributed by atoms with E-state index in [1.165, 1.54) is 0 Å². The number of aliphatic carboxylic acids is 1. The van der Waals surface area contributed by atoms with Crippen LogP contribution < -0.4 is 5.32 Å². The van der Waals surface area contributed by atoms with Gasteiger partial charge in [-0.1, -0.05) is 0 Å². The van der Waals surface area contributed by atoms with Crippen molar-refractivity contribution in [3.63, 3.8) is 0 Å². The van der Waals surface area contributed by atoms with Crippen molar-refractivity contribution in [1.82, 2.24) is 4.98 Å². The summed E-state index contributed by atoms with van der Waals surface area (Å²) < 4.78 is 5.03. The molecule has 0 aliphatic carbocycles. The van der Waals surface area contributed by atoms with Crippen LogP contribution in [0.4, 0.5) is 9.93 Å². The minimum absolute atomic E-state index is 0.160. The standard InChI is InChI=1S/C10H14N2O4S/c1-10(2,3)16-9(15)12-8-11-6(5-17-8)4-7(13)14/h5H,4H2,1-3H3,(H,13,14)(H,11,12,15). The number of thiazole rings is 1. The molecule has 0 aromatic carbocycles. The zero-order valence-corrected chi connectivity index (χ0v) is 10.6. The third kappa shape index (κ3) is 5.30. The molecule has 1 aromatic rings. The first-order valence-corrected chi connectivity index (χ1v) is 5.80. The Morgan fingerprint density at radius 3 is 2.71 bits per heavy atom. The lowest BCUT2D eigenvalue weighted by molar-refractivity contribution is -0.136. The molecule has 1 amide bonds. The number of nitrogens with zero attached hydrogens (tertiary/aromatic N) is 1. The quantitative estimate of drug-likeness (QED) is 0.866. The molecule has 1 heterocycles. The van der Waals surface area contributed by atoms with Gasteiger partial charge in [0.25, 0.3) is 0 Å². The van der Waals surface area contributed by atoms with Crippen molar-refractivity contribution in [2.45, 2.75) is 32.8 Å². The molecule has 1 aromatic heterocycles. The van der Waals surface area contributed by atoms with E-state index < -0.39 is 17.7 Å². The van der Waals surface area contributed by atoms with E-state index in [0.717, 1.165) is 11.3 Å². The van der Waals surface area contributed by atoms with Gasteiger partial charge in [0, 0.05) is 5.38 Å². The van der Waals surface area contributed by atoms with Gasteiger partial charge in [0.15, 0.2) is 5.13 Å². The van der Waals surface area contributed by atoms with Crippen LogP contribution in [0.25, 0.3) is 0 Å². The number of carboxylic acid groups (broad SMARTS) is 1. The maximum atomic E-state index is 11.4. The highest BCUT2D eigenvalue weighted by Gasteiger charge is 2.17. The second kappa shape index (κ2) is 5.13. The highest BCUT2D eigenvalue weighted by atomic mass is 32.1. The molecule has 0 saturated carbocycles. The minimum atomic E-state index is -0.959. The van der Waals surface area contributed by atoms with Gasteiger partial charge in [-0.3, -0.25) is 10.1 Å². The first kappa shape index (κ1) is 13.4. The van der Waals surface area contributed by atoms with Crippen molar-refractivity contribution in [2.75, 3.05) is 5.32 Å². The summed E-state index contributed by atoms with van der Waals surface area (Å²) in [4.78, 5) is 25.8. The van der Waals surface area contributed by atoms with Crippen LogP contribution in [0, 0.1) is 0 Å². The van der Waals surface area contributed by atoms with E-state index in [1.54, 1.807) is 26.2 Å². The van der Waals surface area contributed by atoms with Crippen LogP contribution in [0.5, 0.6) is 0 Å². The maximum Gasteiger partial charge on any atom is 0.413 e. The fraction of sp³-hybridized carbons (Fsp3) is 0.500. The van der Waals surface area contributed by atoms with Gasteiger partial charge in [-0.15, -0.1) is 11.3 Å². The number of hydrogen-bond acceptors (Lipinski definition) is 5. The Bertz CT molecular complexity index is 422. The third-order valence-electron chi connectivity index (χ3n) is 1.49. The van der Waals surface area contributed by atoms with E-state index in [-0.39, 0.29) is 6.42 Å². The van der Waals surface area contributed by atoms with Crippen molar-refractivity contribution < 1.29 is 19.4 Å². The number of amides is 1. The summed E-state index contributed by atoms with van der Waals surface area (Å²) in [5.41, 5.74) is -0.167. The number of carbonyl (C=O) groups excluding carboxylic acids is 1. The predicted molar refractivity (Wildman–Crippen MR) is 63.3 cm³/mol. The zero-order valence-electron chi connectivity index (χ0n) is 9.81. The molecule has 0 unspecified atom stereocenters. The van der Waals surface area contributed by atoms with Crippen molar-refractivity contribution in [1.29, 1.82) is 0 Å². The average molecular weight is 258 g/mol. The Morgan fingerprint density at radius 1 is 1.53 bits per heavy atom. The number of carboxylic acids is 1. The van der Waals surface area contributed by atoms with E-state index in [0.29, 0.717) is 10.8 Å². The number of ether oxygens (including phenoxy) is 1. The van der Waals surface area contributed by atoms with E-state index >= 15 is 0 Å². The van der Waals surface area contributed by atoms with Gasteiger partial charge < -0.3 is 9.84 Å². The van der Waals surface area contributed by atoms with Gasteiger partial charge in [-0.2, -0.15) is 0 Å². The van der Waals surface area contributed by atoms with E-state index in [4.69, 9.17) is 9.84 Å². The number of carbonyl (C=O) groups is 2.